The summed E-state index contributed by atoms with van der Waals surface area (Å²) in [5.74, 6) is 0. The van der Waals surface area contributed by atoms with Crippen LogP contribution in [0.15, 0.2) is 0 Å². The van der Waals surface area contributed by atoms with E-state index in [2.05, 4.69) is 41.2 Å². The first-order chi connectivity index (χ1) is 6.93. The van der Waals surface area contributed by atoms with E-state index in [9.17, 15) is 0 Å². The maximum atomic E-state index is 6.05. The van der Waals surface area contributed by atoms with Crippen LogP contribution >= 0.6 is 0 Å². The minimum absolute atomic E-state index is 0.192. The predicted octanol–water partition coefficient (Wildman–Crippen LogP) is 4.10. The van der Waals surface area contributed by atoms with Gasteiger partial charge in [0.05, 0.1) is 0 Å². The average molecular weight is 232 g/mol. The highest BCUT2D eigenvalue weighted by Gasteiger charge is 2.46. The molecular weight excluding hydrogens is 204 g/mol. The summed E-state index contributed by atoms with van der Waals surface area (Å²) in [6, 6.07) is 0. The predicted molar refractivity (Wildman–Crippen MR) is 68.4 cm³/mol. The van der Waals surface area contributed by atoms with Gasteiger partial charge in [0.1, 0.15) is 0 Å². The van der Waals surface area contributed by atoms with E-state index in [4.69, 9.17) is 8.85 Å². The van der Waals surface area contributed by atoms with Crippen molar-refractivity contribution in [2.24, 2.45) is 0 Å². The Morgan fingerprint density at radius 2 is 1.33 bits per heavy atom. The molecule has 0 saturated heterocycles. The molecule has 0 amide bonds. The fraction of sp³-hybridized carbons (Fsp3) is 1.00. The van der Waals surface area contributed by atoms with Crippen molar-refractivity contribution in [1.29, 1.82) is 0 Å². The summed E-state index contributed by atoms with van der Waals surface area (Å²) in [5, 5.41) is 0.192. The molecule has 0 heterocycles. The van der Waals surface area contributed by atoms with E-state index in [0.717, 1.165) is 32.5 Å². The largest absolute Gasteiger partial charge is 0.394 e. The van der Waals surface area contributed by atoms with Crippen molar-refractivity contribution in [2.45, 2.75) is 65.5 Å². The monoisotopic (exact) mass is 232 g/mol. The average Bonchev–Trinajstić information content (AvgIpc) is 2.23. The van der Waals surface area contributed by atoms with Crippen LogP contribution in [-0.4, -0.2) is 21.8 Å². The second-order valence-corrected chi connectivity index (χ2v) is 8.70. The van der Waals surface area contributed by atoms with Crippen LogP contribution in [0.1, 0.15) is 53.9 Å². The molecule has 0 aliphatic rings. The van der Waals surface area contributed by atoms with Crippen LogP contribution in [0, 0.1) is 0 Å². The molecule has 0 aromatic rings. The molecule has 0 bridgehead atoms. The molecule has 0 aromatic heterocycles. The fourth-order valence-electron chi connectivity index (χ4n) is 1.35. The van der Waals surface area contributed by atoms with Crippen molar-refractivity contribution in [2.75, 3.05) is 13.2 Å². The second-order valence-electron chi connectivity index (χ2n) is 4.88. The second kappa shape index (κ2) is 6.66. The molecule has 0 aliphatic carbocycles. The highest BCUT2D eigenvalue weighted by Crippen LogP contribution is 2.41. The zero-order valence-electron chi connectivity index (χ0n) is 11.4. The lowest BCUT2D eigenvalue weighted by Gasteiger charge is -2.40. The van der Waals surface area contributed by atoms with E-state index in [0.29, 0.717) is 0 Å². The van der Waals surface area contributed by atoms with Gasteiger partial charge in [-0.1, -0.05) is 34.6 Å². The molecule has 0 radical (unpaired) electrons. The van der Waals surface area contributed by atoms with Crippen molar-refractivity contribution in [1.82, 2.24) is 0 Å². The summed E-state index contributed by atoms with van der Waals surface area (Å²) in [4.78, 5) is 0. The van der Waals surface area contributed by atoms with Crippen molar-refractivity contribution in [3.63, 3.8) is 0 Å². The van der Waals surface area contributed by atoms with Crippen LogP contribution < -0.4 is 0 Å². The first kappa shape index (κ1) is 15.1. The molecule has 2 nitrogen and oxygen atoms in total. The summed E-state index contributed by atoms with van der Waals surface area (Å²) in [7, 11) is -2.02. The molecule has 0 rings (SSSR count). The van der Waals surface area contributed by atoms with Crippen LogP contribution in [0.3, 0.4) is 0 Å². The number of hydrogen-bond donors (Lipinski definition) is 0. The normalized spacial score (nSPS) is 13.2. The lowest BCUT2D eigenvalue weighted by Crippen LogP contribution is -2.49. The van der Waals surface area contributed by atoms with Gasteiger partial charge in [0.25, 0.3) is 0 Å². The highest BCUT2D eigenvalue weighted by molar-refractivity contribution is 6.69. The van der Waals surface area contributed by atoms with Gasteiger partial charge in [-0.3, -0.25) is 0 Å². The Morgan fingerprint density at radius 1 is 0.933 bits per heavy atom. The molecule has 0 fully saturated rings. The topological polar surface area (TPSA) is 18.5 Å². The van der Waals surface area contributed by atoms with E-state index in [1.165, 1.54) is 0 Å². The first-order valence-electron chi connectivity index (χ1n) is 6.21. The molecule has 0 spiro atoms. The van der Waals surface area contributed by atoms with Gasteiger partial charge < -0.3 is 8.85 Å². The number of rotatable bonds is 8. The van der Waals surface area contributed by atoms with E-state index in [1.807, 2.05) is 0 Å². The molecule has 0 atom stereocenters. The van der Waals surface area contributed by atoms with Crippen molar-refractivity contribution in [3.05, 3.63) is 0 Å². The Kier molecular flexibility index (Phi) is 6.72. The van der Waals surface area contributed by atoms with Crippen LogP contribution in [0.25, 0.3) is 0 Å². The number of hydrogen-bond acceptors (Lipinski definition) is 2. The maximum Gasteiger partial charge on any atom is 0.340 e. The zero-order valence-corrected chi connectivity index (χ0v) is 12.4. The summed E-state index contributed by atoms with van der Waals surface area (Å²) in [6.45, 7) is 14.9. The van der Waals surface area contributed by atoms with Gasteiger partial charge in [-0.2, -0.15) is 0 Å². The third kappa shape index (κ3) is 4.25. The van der Waals surface area contributed by atoms with E-state index < -0.39 is 8.56 Å². The molecule has 3 heteroatoms. The molecular formula is C12H28O2Si. The minimum Gasteiger partial charge on any atom is -0.394 e. The van der Waals surface area contributed by atoms with E-state index in [1.54, 1.807) is 0 Å². The van der Waals surface area contributed by atoms with Gasteiger partial charge in [-0.15, -0.1) is 0 Å². The van der Waals surface area contributed by atoms with Gasteiger partial charge in [0.2, 0.25) is 0 Å². The first-order valence-corrected chi connectivity index (χ1v) is 8.53. The quantitative estimate of drug-likeness (QED) is 0.587. The minimum atomic E-state index is -2.02. The molecule has 15 heavy (non-hydrogen) atoms. The Balaban J connectivity index is 4.52. The van der Waals surface area contributed by atoms with E-state index >= 15 is 0 Å². The maximum absolute atomic E-state index is 6.05. The smallest absolute Gasteiger partial charge is 0.340 e. The van der Waals surface area contributed by atoms with Crippen LogP contribution in [0.2, 0.25) is 11.6 Å². The molecule has 0 aliphatic heterocycles. The van der Waals surface area contributed by atoms with Gasteiger partial charge in [0, 0.05) is 18.3 Å². The van der Waals surface area contributed by atoms with Gasteiger partial charge in [0.15, 0.2) is 0 Å². The summed E-state index contributed by atoms with van der Waals surface area (Å²) in [5.41, 5.74) is 0. The van der Waals surface area contributed by atoms with Gasteiger partial charge >= 0.3 is 8.56 Å². The Labute approximate surface area is 96.6 Å². The molecule has 0 unspecified atom stereocenters. The van der Waals surface area contributed by atoms with Crippen molar-refractivity contribution >= 4 is 8.56 Å². The SMILES string of the molecule is CCCO[Si](C)(OCCC)C(C)(C)CC. The van der Waals surface area contributed by atoms with Crippen molar-refractivity contribution in [3.8, 4) is 0 Å². The highest BCUT2D eigenvalue weighted by atomic mass is 28.4. The Bertz CT molecular complexity index is 161. The summed E-state index contributed by atoms with van der Waals surface area (Å²) in [6.07, 6.45) is 3.25. The molecule has 0 saturated carbocycles. The standard InChI is InChI=1S/C12H28O2Si/c1-7-10-13-15(6,14-11-8-2)12(4,5)9-3/h7-11H2,1-6H3. The van der Waals surface area contributed by atoms with Gasteiger partial charge in [-0.05, 0) is 25.8 Å². The fourth-order valence-corrected chi connectivity index (χ4v) is 4.04. The molecule has 92 valence electrons. The molecule has 0 N–H and O–H groups in total. The van der Waals surface area contributed by atoms with Crippen LogP contribution in [0.4, 0.5) is 0 Å². The van der Waals surface area contributed by atoms with E-state index in [-0.39, 0.29) is 5.04 Å². The Morgan fingerprint density at radius 3 is 1.60 bits per heavy atom. The summed E-state index contributed by atoms with van der Waals surface area (Å²) >= 11 is 0. The molecule has 0 aromatic carbocycles. The zero-order chi connectivity index (χ0) is 11.9. The Hall–Kier alpha value is 0.137. The lowest BCUT2D eigenvalue weighted by molar-refractivity contribution is 0.149. The van der Waals surface area contributed by atoms with Crippen molar-refractivity contribution < 1.29 is 8.85 Å². The third-order valence-corrected chi connectivity index (χ3v) is 7.60. The van der Waals surface area contributed by atoms with Crippen LogP contribution in [-0.2, 0) is 8.85 Å². The lowest BCUT2D eigenvalue weighted by atomic mass is 10.1. The van der Waals surface area contributed by atoms with Crippen LogP contribution in [0.5, 0.6) is 0 Å². The third-order valence-electron chi connectivity index (χ3n) is 3.28. The summed E-state index contributed by atoms with van der Waals surface area (Å²) < 4.78 is 12.1. The van der Waals surface area contributed by atoms with Gasteiger partial charge in [-0.25, -0.2) is 0 Å².